The monoisotopic (exact) mass is 312 g/mol. The standard InChI is InChI=1S/C18H24N4O/c23-18(22-9-1-2-10-22)13-21-8-4-5-14(12-21)16-11-17-15(20-16)6-3-7-19-17/h3,6-7,11,14,20H,1-2,4-5,8-10,12-13H2. The van der Waals surface area contributed by atoms with Crippen LogP contribution in [-0.4, -0.2) is 58.4 Å². The molecule has 5 nitrogen and oxygen atoms in total. The summed E-state index contributed by atoms with van der Waals surface area (Å²) in [6, 6.07) is 6.21. The number of hydrogen-bond donors (Lipinski definition) is 1. The van der Waals surface area contributed by atoms with Gasteiger partial charge in [0, 0.05) is 37.4 Å². The van der Waals surface area contributed by atoms with Gasteiger partial charge in [0.25, 0.3) is 0 Å². The van der Waals surface area contributed by atoms with Gasteiger partial charge in [-0.3, -0.25) is 14.7 Å². The average Bonchev–Trinajstić information content (AvgIpc) is 3.24. The Morgan fingerprint density at radius 3 is 2.96 bits per heavy atom. The number of hydrogen-bond acceptors (Lipinski definition) is 3. The summed E-state index contributed by atoms with van der Waals surface area (Å²) < 4.78 is 0. The fourth-order valence-corrected chi connectivity index (χ4v) is 3.91. The fourth-order valence-electron chi connectivity index (χ4n) is 3.91. The summed E-state index contributed by atoms with van der Waals surface area (Å²) >= 11 is 0. The summed E-state index contributed by atoms with van der Waals surface area (Å²) in [4.78, 5) is 24.6. The minimum Gasteiger partial charge on any atom is -0.357 e. The lowest BCUT2D eigenvalue weighted by Gasteiger charge is -2.32. The van der Waals surface area contributed by atoms with Crippen molar-refractivity contribution in [1.82, 2.24) is 19.8 Å². The van der Waals surface area contributed by atoms with Crippen LogP contribution in [0.1, 0.15) is 37.3 Å². The van der Waals surface area contributed by atoms with E-state index in [0.717, 1.165) is 56.5 Å². The maximum atomic E-state index is 12.4. The van der Waals surface area contributed by atoms with Gasteiger partial charge >= 0.3 is 0 Å². The molecule has 23 heavy (non-hydrogen) atoms. The van der Waals surface area contributed by atoms with Crippen molar-refractivity contribution in [3.63, 3.8) is 0 Å². The molecule has 4 heterocycles. The van der Waals surface area contributed by atoms with Crippen LogP contribution in [0.4, 0.5) is 0 Å². The molecule has 0 spiro atoms. The molecule has 2 saturated heterocycles. The molecule has 2 fully saturated rings. The van der Waals surface area contributed by atoms with Crippen LogP contribution in [0, 0.1) is 0 Å². The van der Waals surface area contributed by atoms with Gasteiger partial charge < -0.3 is 9.88 Å². The summed E-state index contributed by atoms with van der Waals surface area (Å²) in [6.45, 7) is 4.48. The molecule has 0 aliphatic carbocycles. The molecule has 1 amide bonds. The largest absolute Gasteiger partial charge is 0.357 e. The summed E-state index contributed by atoms with van der Waals surface area (Å²) in [5.41, 5.74) is 3.40. The summed E-state index contributed by atoms with van der Waals surface area (Å²) in [5, 5.41) is 0. The number of nitrogens with zero attached hydrogens (tertiary/aromatic N) is 3. The second kappa shape index (κ2) is 6.32. The molecule has 0 saturated carbocycles. The van der Waals surface area contributed by atoms with Crippen LogP contribution in [0.2, 0.25) is 0 Å². The molecule has 1 atom stereocenters. The zero-order chi connectivity index (χ0) is 15.6. The highest BCUT2D eigenvalue weighted by atomic mass is 16.2. The number of H-pyrrole nitrogens is 1. The summed E-state index contributed by atoms with van der Waals surface area (Å²) in [6.07, 6.45) is 6.50. The Balaban J connectivity index is 1.43. The number of likely N-dealkylation sites (tertiary alicyclic amines) is 2. The predicted octanol–water partition coefficient (Wildman–Crippen LogP) is 2.36. The maximum Gasteiger partial charge on any atom is 0.236 e. The quantitative estimate of drug-likeness (QED) is 0.946. The van der Waals surface area contributed by atoms with Gasteiger partial charge in [-0.15, -0.1) is 0 Å². The molecule has 1 N–H and O–H groups in total. The minimum absolute atomic E-state index is 0.307. The van der Waals surface area contributed by atoms with Crippen molar-refractivity contribution in [3.8, 4) is 0 Å². The predicted molar refractivity (Wildman–Crippen MR) is 90.3 cm³/mol. The molecular weight excluding hydrogens is 288 g/mol. The first kappa shape index (κ1) is 14.7. The molecule has 1 unspecified atom stereocenters. The van der Waals surface area contributed by atoms with Crippen molar-refractivity contribution in [3.05, 3.63) is 30.1 Å². The molecule has 5 heteroatoms. The van der Waals surface area contributed by atoms with Gasteiger partial charge in [-0.1, -0.05) is 0 Å². The molecule has 2 aromatic heterocycles. The number of fused-ring (bicyclic) bond motifs is 1. The van der Waals surface area contributed by atoms with Crippen LogP contribution in [0.5, 0.6) is 0 Å². The molecule has 0 radical (unpaired) electrons. The number of amides is 1. The zero-order valence-electron chi connectivity index (χ0n) is 13.5. The number of aromatic amines is 1. The van der Waals surface area contributed by atoms with Gasteiger partial charge in [0.05, 0.1) is 17.6 Å². The topological polar surface area (TPSA) is 52.2 Å². The van der Waals surface area contributed by atoms with E-state index in [9.17, 15) is 4.79 Å². The number of aromatic nitrogens is 2. The Kier molecular flexibility index (Phi) is 4.04. The van der Waals surface area contributed by atoms with Gasteiger partial charge in [-0.05, 0) is 50.4 Å². The third-order valence-electron chi connectivity index (χ3n) is 5.17. The van der Waals surface area contributed by atoms with Crippen LogP contribution in [0.15, 0.2) is 24.4 Å². The van der Waals surface area contributed by atoms with E-state index in [4.69, 9.17) is 0 Å². The summed E-state index contributed by atoms with van der Waals surface area (Å²) in [5.74, 6) is 0.783. The van der Waals surface area contributed by atoms with Gasteiger partial charge in [0.2, 0.25) is 5.91 Å². The van der Waals surface area contributed by atoms with Crippen LogP contribution in [0.25, 0.3) is 11.0 Å². The molecule has 2 aliphatic rings. The first-order valence-corrected chi connectivity index (χ1v) is 8.73. The van der Waals surface area contributed by atoms with Crippen molar-refractivity contribution in [2.75, 3.05) is 32.7 Å². The van der Waals surface area contributed by atoms with Gasteiger partial charge in [0.1, 0.15) is 0 Å². The normalized spacial score (nSPS) is 22.8. The number of carbonyl (C=O) groups is 1. The Bertz CT molecular complexity index is 656. The number of nitrogens with one attached hydrogen (secondary N) is 1. The van der Waals surface area contributed by atoms with E-state index < -0.39 is 0 Å². The van der Waals surface area contributed by atoms with Crippen LogP contribution in [0.3, 0.4) is 0 Å². The first-order chi connectivity index (χ1) is 11.3. The van der Waals surface area contributed by atoms with E-state index in [-0.39, 0.29) is 0 Å². The van der Waals surface area contributed by atoms with Crippen molar-refractivity contribution in [1.29, 1.82) is 0 Å². The second-order valence-electron chi connectivity index (χ2n) is 6.82. The van der Waals surface area contributed by atoms with Crippen molar-refractivity contribution in [2.45, 2.75) is 31.6 Å². The highest BCUT2D eigenvalue weighted by molar-refractivity contribution is 5.78. The lowest BCUT2D eigenvalue weighted by molar-refractivity contribution is -0.131. The van der Waals surface area contributed by atoms with E-state index in [2.05, 4.69) is 27.0 Å². The summed E-state index contributed by atoms with van der Waals surface area (Å²) in [7, 11) is 0. The molecule has 122 valence electrons. The third kappa shape index (κ3) is 3.11. The van der Waals surface area contributed by atoms with Crippen molar-refractivity contribution < 1.29 is 4.79 Å². The van der Waals surface area contributed by atoms with E-state index in [1.165, 1.54) is 12.1 Å². The van der Waals surface area contributed by atoms with E-state index in [1.54, 1.807) is 0 Å². The van der Waals surface area contributed by atoms with Gasteiger partial charge in [-0.25, -0.2) is 0 Å². The number of rotatable bonds is 3. The molecule has 2 aromatic rings. The lowest BCUT2D eigenvalue weighted by atomic mass is 9.95. The molecule has 0 aromatic carbocycles. The average molecular weight is 312 g/mol. The molecule has 4 rings (SSSR count). The number of pyridine rings is 1. The van der Waals surface area contributed by atoms with Crippen LogP contribution < -0.4 is 0 Å². The van der Waals surface area contributed by atoms with Crippen molar-refractivity contribution in [2.24, 2.45) is 0 Å². The Labute approximate surface area is 136 Å². The van der Waals surface area contributed by atoms with Gasteiger partial charge in [0.15, 0.2) is 0 Å². The fraction of sp³-hybridized carbons (Fsp3) is 0.556. The SMILES string of the molecule is O=C(CN1CCCC(c2cc3ncccc3[nH]2)C1)N1CCCC1. The van der Waals surface area contributed by atoms with Crippen LogP contribution in [-0.2, 0) is 4.79 Å². The van der Waals surface area contributed by atoms with E-state index >= 15 is 0 Å². The van der Waals surface area contributed by atoms with Crippen LogP contribution >= 0.6 is 0 Å². The zero-order valence-corrected chi connectivity index (χ0v) is 13.5. The Hall–Kier alpha value is -1.88. The van der Waals surface area contributed by atoms with Gasteiger partial charge in [-0.2, -0.15) is 0 Å². The van der Waals surface area contributed by atoms with Crippen molar-refractivity contribution >= 4 is 16.9 Å². The molecule has 2 aliphatic heterocycles. The number of carbonyl (C=O) groups excluding carboxylic acids is 1. The highest BCUT2D eigenvalue weighted by Crippen LogP contribution is 2.28. The van der Waals surface area contributed by atoms with E-state index in [1.807, 2.05) is 17.2 Å². The number of piperidine rings is 1. The van der Waals surface area contributed by atoms with E-state index in [0.29, 0.717) is 18.4 Å². The molecular formula is C18H24N4O. The Morgan fingerprint density at radius 1 is 1.26 bits per heavy atom. The second-order valence-corrected chi connectivity index (χ2v) is 6.82. The maximum absolute atomic E-state index is 12.4. The minimum atomic E-state index is 0.307. The molecule has 0 bridgehead atoms. The smallest absolute Gasteiger partial charge is 0.236 e. The third-order valence-corrected chi connectivity index (χ3v) is 5.17. The Morgan fingerprint density at radius 2 is 2.13 bits per heavy atom. The highest BCUT2D eigenvalue weighted by Gasteiger charge is 2.26. The lowest BCUT2D eigenvalue weighted by Crippen LogP contribution is -2.43. The first-order valence-electron chi connectivity index (χ1n) is 8.73.